The molecule has 348 valence electrons. The molecule has 4 fully saturated rings. The van der Waals surface area contributed by atoms with Gasteiger partial charge in [-0.2, -0.15) is 0 Å². The fourth-order valence-electron chi connectivity index (χ4n) is 11.8. The van der Waals surface area contributed by atoms with Gasteiger partial charge in [0.25, 0.3) is 11.8 Å². The Bertz CT molecular complexity index is 1350. The van der Waals surface area contributed by atoms with Gasteiger partial charge in [-0.15, -0.1) is 0 Å². The molecule has 18 nitrogen and oxygen atoms in total. The molecule has 60 heavy (non-hydrogen) atoms. The van der Waals surface area contributed by atoms with E-state index < -0.39 is 80.0 Å². The van der Waals surface area contributed by atoms with E-state index in [-0.39, 0.29) is 80.1 Å². The van der Waals surface area contributed by atoms with Crippen LogP contribution < -0.4 is 10.6 Å². The fraction of sp³-hybridized carbons (Fsp3) is 0.929. The molecule has 4 aliphatic rings. The van der Waals surface area contributed by atoms with E-state index in [0.29, 0.717) is 30.1 Å². The van der Waals surface area contributed by atoms with Crippen LogP contribution in [-0.2, 0) is 14.4 Å². The minimum Gasteiger partial charge on any atom is -0.394 e. The molecule has 0 heterocycles. The van der Waals surface area contributed by atoms with Gasteiger partial charge >= 0.3 is 0 Å². The first-order chi connectivity index (χ1) is 28.2. The number of aliphatic hydroxyl groups excluding tert-OH is 12. The molecule has 0 radical (unpaired) electrons. The standard InChI is InChI=1S/C42H75N3O15/c1-22(26-9-10-27-25-8-7-23-18-24(48)12-13-41(23,2)28(25)19-31(51)42(26,27)3)6-11-32(52)45(16-4-14-43-39(59)37(57)35(55)33(53)29(49)20-46)17-5-15-44-40(60)38(58)36(56)34(54)30(50)21-47/h22-31,33-38,46-51,53-58H,4-21H2,1-3H3,(H,43,59)(H,44,60)/t22-,23+,24+,25-,26+,27-,28-,29+,30+,31-,33-,34-,35-,36-,37-,38-,41+,42-/m1/s1. The average Bonchev–Trinajstić information content (AvgIpc) is 3.61. The summed E-state index contributed by atoms with van der Waals surface area (Å²) in [5.41, 5.74) is -0.164. The predicted molar refractivity (Wildman–Crippen MR) is 215 cm³/mol. The Hall–Kier alpha value is -2.07. The normalized spacial score (nSPS) is 34.6. The van der Waals surface area contributed by atoms with E-state index >= 15 is 0 Å². The highest BCUT2D eigenvalue weighted by Crippen LogP contribution is 2.68. The van der Waals surface area contributed by atoms with Gasteiger partial charge in [0.15, 0.2) is 12.2 Å². The van der Waals surface area contributed by atoms with Crippen LogP contribution in [-0.4, -0.2) is 184 Å². The molecule has 3 amide bonds. The molecule has 0 aromatic heterocycles. The van der Waals surface area contributed by atoms with Crippen molar-refractivity contribution in [2.45, 2.75) is 159 Å². The zero-order valence-electron chi connectivity index (χ0n) is 35.5. The van der Waals surface area contributed by atoms with Crippen molar-refractivity contribution >= 4 is 17.7 Å². The van der Waals surface area contributed by atoms with Crippen LogP contribution in [0.4, 0.5) is 0 Å². The molecule has 4 aliphatic carbocycles. The number of hydrogen-bond donors (Lipinski definition) is 14. The maximum Gasteiger partial charge on any atom is 0.251 e. The first-order valence-electron chi connectivity index (χ1n) is 22.1. The zero-order valence-corrected chi connectivity index (χ0v) is 35.5. The maximum atomic E-state index is 13.8. The Morgan fingerprint density at radius 3 is 1.75 bits per heavy atom. The Kier molecular flexibility index (Phi) is 18.6. The van der Waals surface area contributed by atoms with Crippen LogP contribution in [0.1, 0.15) is 97.8 Å². The van der Waals surface area contributed by atoms with Crippen molar-refractivity contribution in [2.24, 2.45) is 46.3 Å². The average molecular weight is 862 g/mol. The molecule has 4 saturated carbocycles. The number of fused-ring (bicyclic) bond motifs is 5. The number of carbonyl (C=O) groups excluding carboxylic acids is 3. The molecular weight excluding hydrogens is 786 g/mol. The summed E-state index contributed by atoms with van der Waals surface area (Å²) >= 11 is 0. The number of aliphatic hydroxyl groups is 12. The van der Waals surface area contributed by atoms with Gasteiger partial charge in [0, 0.05) is 32.6 Å². The van der Waals surface area contributed by atoms with E-state index in [2.05, 4.69) is 31.4 Å². The number of amides is 3. The number of nitrogens with zero attached hydrogens (tertiary/aromatic N) is 1. The van der Waals surface area contributed by atoms with Gasteiger partial charge in [-0.3, -0.25) is 14.4 Å². The summed E-state index contributed by atoms with van der Waals surface area (Å²) < 4.78 is 0. The largest absolute Gasteiger partial charge is 0.394 e. The van der Waals surface area contributed by atoms with Crippen molar-refractivity contribution in [3.8, 4) is 0 Å². The minimum atomic E-state index is -2.11. The molecule has 0 spiro atoms. The number of rotatable bonds is 22. The molecule has 0 saturated heterocycles. The van der Waals surface area contributed by atoms with Crippen molar-refractivity contribution < 1.29 is 75.7 Å². The lowest BCUT2D eigenvalue weighted by Gasteiger charge is -2.62. The molecule has 0 aromatic carbocycles. The highest BCUT2D eigenvalue weighted by Gasteiger charge is 2.63. The highest BCUT2D eigenvalue weighted by atomic mass is 16.4. The Labute approximate surface area is 353 Å². The third-order valence-electron chi connectivity index (χ3n) is 15.5. The van der Waals surface area contributed by atoms with Crippen LogP contribution in [0.5, 0.6) is 0 Å². The molecule has 18 heteroatoms. The topological polar surface area (TPSA) is 321 Å². The van der Waals surface area contributed by atoms with Gasteiger partial charge in [-0.05, 0) is 117 Å². The summed E-state index contributed by atoms with van der Waals surface area (Å²) in [5, 5.41) is 124. The second kappa shape index (κ2) is 22.0. The number of hydrogen-bond acceptors (Lipinski definition) is 15. The van der Waals surface area contributed by atoms with E-state index in [1.165, 1.54) is 0 Å². The SMILES string of the molecule is C[C@H](CCC(=O)N(CCCNC(=O)[C@H](O)[C@H](O)[C@H](O)[C@@H](O)CO)CCCNC(=O)[C@H](O)[C@H](O)[C@H](O)[C@@H](O)CO)[C@@H]1CC[C@@H]2[C@H]3CC[C@H]4C[C@@H](O)CC[C@]4(C)[C@@H]3C[C@@H](O)[C@@]21C. The molecular formula is C42H75N3O15. The van der Waals surface area contributed by atoms with E-state index in [9.17, 15) is 65.4 Å². The van der Waals surface area contributed by atoms with E-state index in [1.54, 1.807) is 4.90 Å². The van der Waals surface area contributed by atoms with Crippen molar-refractivity contribution in [1.82, 2.24) is 15.5 Å². The quantitative estimate of drug-likeness (QED) is 0.0486. The third-order valence-corrected chi connectivity index (χ3v) is 15.5. The van der Waals surface area contributed by atoms with Crippen LogP contribution in [0.3, 0.4) is 0 Å². The van der Waals surface area contributed by atoms with Crippen LogP contribution in [0.25, 0.3) is 0 Å². The van der Waals surface area contributed by atoms with Crippen LogP contribution >= 0.6 is 0 Å². The first kappa shape index (κ1) is 50.6. The van der Waals surface area contributed by atoms with Gasteiger partial charge in [0.05, 0.1) is 25.4 Å². The minimum absolute atomic E-state index is 0.0491. The molecule has 0 bridgehead atoms. The van der Waals surface area contributed by atoms with Gasteiger partial charge in [0.1, 0.15) is 36.6 Å². The van der Waals surface area contributed by atoms with E-state index in [0.717, 1.165) is 51.4 Å². The summed E-state index contributed by atoms with van der Waals surface area (Å²) in [6.07, 6.45) is -7.85. The highest BCUT2D eigenvalue weighted by molar-refractivity contribution is 5.81. The molecule has 0 unspecified atom stereocenters. The van der Waals surface area contributed by atoms with Gasteiger partial charge in [-0.1, -0.05) is 20.8 Å². The summed E-state index contributed by atoms with van der Waals surface area (Å²) in [6.45, 7) is 5.15. The van der Waals surface area contributed by atoms with Crippen LogP contribution in [0.15, 0.2) is 0 Å². The summed E-state index contributed by atoms with van der Waals surface area (Å²) in [6, 6.07) is 0. The molecule has 0 aliphatic heterocycles. The summed E-state index contributed by atoms with van der Waals surface area (Å²) in [7, 11) is 0. The van der Waals surface area contributed by atoms with Crippen molar-refractivity contribution in [3.63, 3.8) is 0 Å². The Morgan fingerprint density at radius 2 is 1.23 bits per heavy atom. The fourth-order valence-corrected chi connectivity index (χ4v) is 11.8. The Balaban J connectivity index is 1.35. The number of carbonyl (C=O) groups is 3. The molecule has 4 rings (SSSR count). The lowest BCUT2D eigenvalue weighted by molar-refractivity contribution is -0.175. The van der Waals surface area contributed by atoms with Gasteiger partial charge < -0.3 is 76.8 Å². The van der Waals surface area contributed by atoms with Crippen molar-refractivity contribution in [1.29, 1.82) is 0 Å². The van der Waals surface area contributed by atoms with Gasteiger partial charge in [0.2, 0.25) is 5.91 Å². The smallest absolute Gasteiger partial charge is 0.251 e. The van der Waals surface area contributed by atoms with E-state index in [4.69, 9.17) is 10.2 Å². The van der Waals surface area contributed by atoms with Gasteiger partial charge in [-0.25, -0.2) is 0 Å². The second-order valence-electron chi connectivity index (χ2n) is 18.9. The van der Waals surface area contributed by atoms with Crippen LogP contribution in [0.2, 0.25) is 0 Å². The lowest BCUT2D eigenvalue weighted by atomic mass is 9.43. The van der Waals surface area contributed by atoms with E-state index in [1.807, 2.05) is 0 Å². The summed E-state index contributed by atoms with van der Waals surface area (Å²) in [4.78, 5) is 40.3. The maximum absolute atomic E-state index is 13.8. The zero-order chi connectivity index (χ0) is 44.7. The predicted octanol–water partition coefficient (Wildman–Crippen LogP) is -2.89. The Morgan fingerprint density at radius 1 is 0.700 bits per heavy atom. The van der Waals surface area contributed by atoms with Crippen molar-refractivity contribution in [3.05, 3.63) is 0 Å². The molecule has 0 aromatic rings. The summed E-state index contributed by atoms with van der Waals surface area (Å²) in [5.74, 6) is -0.145. The molecule has 18 atom stereocenters. The third kappa shape index (κ3) is 11.2. The molecule has 14 N–H and O–H groups in total. The number of nitrogens with one attached hydrogen (secondary N) is 2. The second-order valence-corrected chi connectivity index (χ2v) is 18.9. The lowest BCUT2D eigenvalue weighted by Crippen LogP contribution is -2.58. The monoisotopic (exact) mass is 862 g/mol. The first-order valence-corrected chi connectivity index (χ1v) is 22.1. The van der Waals surface area contributed by atoms with Crippen LogP contribution in [0, 0.1) is 46.3 Å². The van der Waals surface area contributed by atoms with Crippen molar-refractivity contribution in [2.75, 3.05) is 39.4 Å².